The van der Waals surface area contributed by atoms with Gasteiger partial charge in [0.25, 0.3) is 5.91 Å². The molecule has 1 aromatic heterocycles. The normalized spacial score (nSPS) is 15.1. The Morgan fingerprint density at radius 3 is 2.42 bits per heavy atom. The number of benzene rings is 2. The summed E-state index contributed by atoms with van der Waals surface area (Å²) in [5.41, 5.74) is 2.15. The van der Waals surface area contributed by atoms with Gasteiger partial charge in [-0.25, -0.2) is 19.2 Å². The molecule has 0 saturated heterocycles. The number of cyclic esters (lactones) is 1. The van der Waals surface area contributed by atoms with Gasteiger partial charge in [-0.15, -0.1) is 0 Å². The molecular formula is C25H24FN5O5. The maximum Gasteiger partial charge on any atom is 0.431 e. The number of carbonyl (C=O) groups is 2. The minimum Gasteiger partial charge on any atom is -0.492 e. The lowest BCUT2D eigenvalue weighted by atomic mass is 10.0. The molecule has 4 rings (SSSR count). The summed E-state index contributed by atoms with van der Waals surface area (Å²) in [6, 6.07) is 11.3. The van der Waals surface area contributed by atoms with Crippen molar-refractivity contribution in [3.8, 4) is 11.5 Å². The SMILES string of the molecule is CCC1OC(=O)N(Cc2ccc(NC(=O)c3ncccn3)cc2)N=C1c1ccc(F)c(OC)c1OC. The van der Waals surface area contributed by atoms with Crippen LogP contribution in [-0.2, 0) is 11.3 Å². The number of hydrogen-bond acceptors (Lipinski definition) is 8. The van der Waals surface area contributed by atoms with Gasteiger partial charge >= 0.3 is 6.09 Å². The first-order chi connectivity index (χ1) is 17.4. The van der Waals surface area contributed by atoms with Crippen molar-refractivity contribution < 1.29 is 28.2 Å². The summed E-state index contributed by atoms with van der Waals surface area (Å²) < 4.78 is 30.4. The molecule has 10 nitrogen and oxygen atoms in total. The van der Waals surface area contributed by atoms with Crippen LogP contribution in [0.3, 0.4) is 0 Å². The van der Waals surface area contributed by atoms with Gasteiger partial charge in [0.1, 0.15) is 11.8 Å². The fourth-order valence-electron chi connectivity index (χ4n) is 3.68. The number of nitrogens with one attached hydrogen (secondary N) is 1. The molecule has 0 radical (unpaired) electrons. The molecule has 0 fully saturated rings. The molecule has 0 bridgehead atoms. The number of amides is 2. The summed E-state index contributed by atoms with van der Waals surface area (Å²) in [7, 11) is 2.75. The molecule has 1 unspecified atom stereocenters. The molecule has 0 spiro atoms. The average Bonchev–Trinajstić information content (AvgIpc) is 2.91. The second kappa shape index (κ2) is 10.8. The second-order valence-corrected chi connectivity index (χ2v) is 7.71. The van der Waals surface area contributed by atoms with Crippen molar-refractivity contribution in [1.29, 1.82) is 0 Å². The third kappa shape index (κ3) is 5.09. The molecule has 2 heterocycles. The molecule has 186 valence electrons. The Kier molecular flexibility index (Phi) is 7.38. The van der Waals surface area contributed by atoms with Crippen LogP contribution in [0.2, 0.25) is 0 Å². The Morgan fingerprint density at radius 1 is 1.08 bits per heavy atom. The van der Waals surface area contributed by atoms with E-state index >= 15 is 0 Å². The van der Waals surface area contributed by atoms with Gasteiger partial charge < -0.3 is 19.5 Å². The third-order valence-electron chi connectivity index (χ3n) is 5.42. The molecular weight excluding hydrogens is 469 g/mol. The van der Waals surface area contributed by atoms with Crippen LogP contribution >= 0.6 is 0 Å². The molecule has 2 amide bonds. The monoisotopic (exact) mass is 493 g/mol. The van der Waals surface area contributed by atoms with Gasteiger partial charge in [0.05, 0.1) is 20.8 Å². The molecule has 36 heavy (non-hydrogen) atoms. The van der Waals surface area contributed by atoms with Gasteiger partial charge in [-0.1, -0.05) is 19.1 Å². The Morgan fingerprint density at radius 2 is 1.78 bits per heavy atom. The molecule has 1 N–H and O–H groups in total. The third-order valence-corrected chi connectivity index (χ3v) is 5.42. The number of carbonyl (C=O) groups excluding carboxylic acids is 2. The first kappa shape index (κ1) is 24.6. The van der Waals surface area contributed by atoms with Gasteiger partial charge in [0.2, 0.25) is 5.82 Å². The first-order valence-corrected chi connectivity index (χ1v) is 11.1. The number of rotatable bonds is 8. The number of nitrogens with zero attached hydrogens (tertiary/aromatic N) is 4. The fourth-order valence-corrected chi connectivity index (χ4v) is 3.68. The largest absolute Gasteiger partial charge is 0.492 e. The van der Waals surface area contributed by atoms with E-state index in [4.69, 9.17) is 14.2 Å². The highest BCUT2D eigenvalue weighted by Gasteiger charge is 2.33. The van der Waals surface area contributed by atoms with E-state index in [1.54, 1.807) is 30.3 Å². The summed E-state index contributed by atoms with van der Waals surface area (Å²) in [5, 5.41) is 8.43. The van der Waals surface area contributed by atoms with Gasteiger partial charge in [0, 0.05) is 23.6 Å². The summed E-state index contributed by atoms with van der Waals surface area (Å²) in [4.78, 5) is 32.7. The molecule has 0 saturated carbocycles. The summed E-state index contributed by atoms with van der Waals surface area (Å²) >= 11 is 0. The van der Waals surface area contributed by atoms with Gasteiger partial charge in [-0.3, -0.25) is 4.79 Å². The van der Waals surface area contributed by atoms with Crippen LogP contribution in [0.4, 0.5) is 14.9 Å². The van der Waals surface area contributed by atoms with E-state index in [1.165, 1.54) is 43.8 Å². The van der Waals surface area contributed by atoms with E-state index < -0.39 is 23.9 Å². The number of ether oxygens (including phenoxy) is 3. The zero-order valence-corrected chi connectivity index (χ0v) is 19.9. The second-order valence-electron chi connectivity index (χ2n) is 7.71. The van der Waals surface area contributed by atoms with Crippen molar-refractivity contribution in [2.24, 2.45) is 5.10 Å². The molecule has 0 aliphatic carbocycles. The number of aromatic nitrogens is 2. The van der Waals surface area contributed by atoms with Crippen LogP contribution in [-0.4, -0.2) is 53.0 Å². The highest BCUT2D eigenvalue weighted by atomic mass is 19.1. The van der Waals surface area contributed by atoms with E-state index in [-0.39, 0.29) is 23.9 Å². The quantitative estimate of drug-likeness (QED) is 0.504. The summed E-state index contributed by atoms with van der Waals surface area (Å²) in [6.07, 6.45) is 2.17. The number of halogens is 1. The fraction of sp³-hybridized carbons (Fsp3) is 0.240. The number of hydrazone groups is 1. The highest BCUT2D eigenvalue weighted by Crippen LogP contribution is 2.36. The van der Waals surface area contributed by atoms with Crippen LogP contribution in [0.1, 0.15) is 35.1 Å². The lowest BCUT2D eigenvalue weighted by Crippen LogP contribution is -2.41. The number of methoxy groups -OCH3 is 2. The molecule has 1 aliphatic heterocycles. The lowest BCUT2D eigenvalue weighted by Gasteiger charge is -2.30. The standard InChI is InChI=1S/C25H24FN5O5/c1-4-19-20(17-10-11-18(26)22(35-3)21(17)34-2)30-31(25(33)36-19)14-15-6-8-16(9-7-15)29-24(32)23-27-12-5-13-28-23/h5-13,19H,4,14H2,1-3H3,(H,29,32). The minimum absolute atomic E-state index is 0.0536. The number of hydrogen-bond donors (Lipinski definition) is 1. The van der Waals surface area contributed by atoms with E-state index in [0.717, 1.165) is 5.56 Å². The predicted octanol–water partition coefficient (Wildman–Crippen LogP) is 4.02. The molecule has 11 heteroatoms. The molecule has 1 aliphatic rings. The predicted molar refractivity (Wildman–Crippen MR) is 129 cm³/mol. The zero-order valence-electron chi connectivity index (χ0n) is 19.9. The van der Waals surface area contributed by atoms with Crippen molar-refractivity contribution >= 4 is 23.4 Å². The van der Waals surface area contributed by atoms with Crippen LogP contribution in [0.25, 0.3) is 0 Å². The van der Waals surface area contributed by atoms with E-state index in [0.29, 0.717) is 23.4 Å². The Bertz CT molecular complexity index is 1280. The summed E-state index contributed by atoms with van der Waals surface area (Å²) in [5.74, 6) is -0.864. The summed E-state index contributed by atoms with van der Waals surface area (Å²) in [6.45, 7) is 1.96. The van der Waals surface area contributed by atoms with E-state index in [9.17, 15) is 14.0 Å². The van der Waals surface area contributed by atoms with Crippen molar-refractivity contribution in [1.82, 2.24) is 15.0 Å². The van der Waals surface area contributed by atoms with Gasteiger partial charge in [0.15, 0.2) is 17.3 Å². The Hall–Kier alpha value is -4.54. The van der Waals surface area contributed by atoms with Crippen molar-refractivity contribution in [3.05, 3.63) is 77.6 Å². The van der Waals surface area contributed by atoms with Crippen molar-refractivity contribution in [3.63, 3.8) is 0 Å². The molecule has 2 aromatic carbocycles. The van der Waals surface area contributed by atoms with Crippen molar-refractivity contribution in [2.75, 3.05) is 19.5 Å². The zero-order chi connectivity index (χ0) is 25.7. The van der Waals surface area contributed by atoms with Crippen LogP contribution in [0.15, 0.2) is 60.0 Å². The topological polar surface area (TPSA) is 115 Å². The average molecular weight is 493 g/mol. The van der Waals surface area contributed by atoms with E-state index in [1.807, 2.05) is 6.92 Å². The van der Waals surface area contributed by atoms with Gasteiger partial charge in [-0.2, -0.15) is 10.1 Å². The van der Waals surface area contributed by atoms with Gasteiger partial charge in [-0.05, 0) is 42.3 Å². The Labute approximate surface area is 206 Å². The molecule has 3 aromatic rings. The first-order valence-electron chi connectivity index (χ1n) is 11.1. The molecule has 1 atom stereocenters. The maximum atomic E-state index is 14.2. The highest BCUT2D eigenvalue weighted by molar-refractivity contribution is 6.08. The minimum atomic E-state index is -0.643. The van der Waals surface area contributed by atoms with Crippen LogP contribution in [0.5, 0.6) is 11.5 Å². The van der Waals surface area contributed by atoms with Crippen LogP contribution < -0.4 is 14.8 Å². The number of anilines is 1. The smallest absolute Gasteiger partial charge is 0.431 e. The van der Waals surface area contributed by atoms with Crippen LogP contribution in [0, 0.1) is 5.82 Å². The van der Waals surface area contributed by atoms with E-state index in [2.05, 4.69) is 20.4 Å². The Balaban J connectivity index is 1.57. The maximum absolute atomic E-state index is 14.2. The lowest BCUT2D eigenvalue weighted by molar-refractivity contribution is 0.0711. The van der Waals surface area contributed by atoms with Crippen molar-refractivity contribution in [2.45, 2.75) is 26.0 Å².